The number of alkyl halides is 1. The quantitative estimate of drug-likeness (QED) is 0.405. The number of carbonyl (C=O) groups excluding carboxylic acids is 2. The van der Waals surface area contributed by atoms with Gasteiger partial charge in [0.15, 0.2) is 5.65 Å². The summed E-state index contributed by atoms with van der Waals surface area (Å²) in [6, 6.07) is 5.71. The molecule has 12 heteroatoms. The Morgan fingerprint density at radius 2 is 1.98 bits per heavy atom. The lowest BCUT2D eigenvalue weighted by molar-refractivity contribution is -0.0159. The second-order valence-corrected chi connectivity index (χ2v) is 11.5. The number of halogens is 1. The van der Waals surface area contributed by atoms with Crippen LogP contribution in [0.2, 0.25) is 0 Å². The van der Waals surface area contributed by atoms with Crippen molar-refractivity contribution in [2.24, 2.45) is 0 Å². The van der Waals surface area contributed by atoms with Crippen LogP contribution < -0.4 is 10.2 Å². The zero-order valence-corrected chi connectivity index (χ0v) is 22.6. The van der Waals surface area contributed by atoms with Crippen LogP contribution in [-0.4, -0.2) is 103 Å². The number of nitrogens with one attached hydrogen (secondary N) is 1. The molecule has 2 aliphatic heterocycles. The van der Waals surface area contributed by atoms with E-state index < -0.39 is 11.8 Å². The van der Waals surface area contributed by atoms with Gasteiger partial charge in [-0.05, 0) is 50.5 Å². The maximum atomic E-state index is 14.7. The summed E-state index contributed by atoms with van der Waals surface area (Å²) in [4.78, 5) is 36.9. The smallest absolute Gasteiger partial charge is 0.261 e. The summed E-state index contributed by atoms with van der Waals surface area (Å²) in [5, 5.41) is 27.0. The number of benzene rings is 1. The fourth-order valence-corrected chi connectivity index (χ4v) is 5.70. The molecule has 1 saturated carbocycles. The average Bonchev–Trinajstić information content (AvgIpc) is 3.47. The predicted octanol–water partition coefficient (Wildman–Crippen LogP) is 1.69. The van der Waals surface area contributed by atoms with Crippen molar-refractivity contribution in [3.63, 3.8) is 0 Å². The van der Waals surface area contributed by atoms with Gasteiger partial charge in [-0.1, -0.05) is 0 Å². The van der Waals surface area contributed by atoms with Gasteiger partial charge < -0.3 is 25.3 Å². The highest BCUT2D eigenvalue weighted by Crippen LogP contribution is 2.36. The van der Waals surface area contributed by atoms with Gasteiger partial charge in [0.1, 0.15) is 11.7 Å². The summed E-state index contributed by atoms with van der Waals surface area (Å²) in [6.45, 7) is 5.71. The molecule has 0 radical (unpaired) electrons. The van der Waals surface area contributed by atoms with Gasteiger partial charge >= 0.3 is 0 Å². The van der Waals surface area contributed by atoms with Gasteiger partial charge in [0.2, 0.25) is 0 Å². The van der Waals surface area contributed by atoms with E-state index in [4.69, 9.17) is 0 Å². The number of fused-ring (bicyclic) bond motifs is 2. The molecule has 212 valence electrons. The van der Waals surface area contributed by atoms with Crippen molar-refractivity contribution in [2.75, 3.05) is 42.9 Å². The molecule has 11 nitrogen and oxygen atoms in total. The standard InChI is InChI=1S/C28H34FN7O4/c1-28(2,40)24(29)16-35-15-17-10-22(32-26(38)21-14-31-36-5-3-4-30-25(21)36)23(13-20(17)27(35)39)34-8-6-33(7-9-34)18-11-19(37)12-18/h3-5,10,13-14,18-19,24,37,40H,6-9,11-12,15-16H2,1-2H3,(H,32,38)/t18-,19+,24-/m1/s1. The molecule has 3 aliphatic rings. The Morgan fingerprint density at radius 3 is 2.67 bits per heavy atom. The van der Waals surface area contributed by atoms with E-state index in [1.54, 1.807) is 30.6 Å². The summed E-state index contributed by atoms with van der Waals surface area (Å²) < 4.78 is 16.2. The van der Waals surface area contributed by atoms with Crippen molar-refractivity contribution in [1.82, 2.24) is 24.4 Å². The minimum Gasteiger partial charge on any atom is -0.393 e. The molecule has 2 amide bonds. The summed E-state index contributed by atoms with van der Waals surface area (Å²) in [7, 11) is 0. The third kappa shape index (κ3) is 4.91. The molecule has 2 fully saturated rings. The van der Waals surface area contributed by atoms with Crippen molar-refractivity contribution < 1.29 is 24.2 Å². The van der Waals surface area contributed by atoms with Crippen LogP contribution in [0.15, 0.2) is 36.8 Å². The number of carbonyl (C=O) groups is 2. The lowest BCUT2D eigenvalue weighted by Crippen LogP contribution is -2.55. The molecule has 2 aromatic heterocycles. The van der Waals surface area contributed by atoms with Gasteiger partial charge in [-0.2, -0.15) is 5.10 Å². The Balaban J connectivity index is 1.28. The van der Waals surface area contributed by atoms with E-state index in [1.165, 1.54) is 29.5 Å². The molecule has 0 bridgehead atoms. The average molecular weight is 552 g/mol. The molecule has 1 saturated heterocycles. The fraction of sp³-hybridized carbons (Fsp3) is 0.500. The number of aliphatic hydroxyl groups is 2. The Hall–Kier alpha value is -3.61. The maximum Gasteiger partial charge on any atom is 0.261 e. The van der Waals surface area contributed by atoms with Crippen molar-refractivity contribution in [3.05, 3.63) is 53.5 Å². The Kier molecular flexibility index (Phi) is 6.71. The van der Waals surface area contributed by atoms with E-state index in [2.05, 4.69) is 25.2 Å². The van der Waals surface area contributed by atoms with E-state index >= 15 is 0 Å². The van der Waals surface area contributed by atoms with Gasteiger partial charge in [-0.3, -0.25) is 14.5 Å². The zero-order valence-electron chi connectivity index (χ0n) is 22.6. The Morgan fingerprint density at radius 1 is 1.23 bits per heavy atom. The van der Waals surface area contributed by atoms with Crippen LogP contribution in [0.3, 0.4) is 0 Å². The van der Waals surface area contributed by atoms with E-state index in [9.17, 15) is 24.2 Å². The highest BCUT2D eigenvalue weighted by Gasteiger charge is 2.37. The fourth-order valence-electron chi connectivity index (χ4n) is 5.70. The molecule has 0 spiro atoms. The number of hydrogen-bond donors (Lipinski definition) is 3. The van der Waals surface area contributed by atoms with Gasteiger partial charge in [0.25, 0.3) is 11.8 Å². The maximum absolute atomic E-state index is 14.7. The van der Waals surface area contributed by atoms with Gasteiger partial charge in [0, 0.05) is 56.7 Å². The molecular formula is C28H34FN7O4. The van der Waals surface area contributed by atoms with E-state index in [-0.39, 0.29) is 31.0 Å². The van der Waals surface area contributed by atoms with Crippen LogP contribution in [0.4, 0.5) is 15.8 Å². The third-order valence-electron chi connectivity index (χ3n) is 8.28. The Labute approximate surface area is 231 Å². The normalized spacial score (nSPS) is 22.4. The Bertz CT molecular complexity index is 1440. The SMILES string of the molecule is CC(C)(O)[C@H](F)CN1Cc2cc(NC(=O)c3cnn4cccnc34)c(N3CCN([C@H]4C[C@@H](O)C4)CC3)cc2C1=O. The molecule has 6 rings (SSSR count). The molecule has 1 aromatic carbocycles. The number of aliphatic hydroxyl groups excluding tert-OH is 1. The van der Waals surface area contributed by atoms with E-state index in [0.717, 1.165) is 31.6 Å². The number of rotatable bonds is 7. The topological polar surface area (TPSA) is 127 Å². The van der Waals surface area contributed by atoms with Crippen molar-refractivity contribution in [3.8, 4) is 0 Å². The first kappa shape index (κ1) is 26.6. The van der Waals surface area contributed by atoms with Gasteiger partial charge in [0.05, 0.1) is 35.8 Å². The van der Waals surface area contributed by atoms with Gasteiger partial charge in [-0.15, -0.1) is 0 Å². The number of piperazine rings is 1. The van der Waals surface area contributed by atoms with Crippen LogP contribution in [0.1, 0.15) is 53.0 Å². The molecule has 3 aromatic rings. The lowest BCUT2D eigenvalue weighted by Gasteiger charge is -2.45. The second kappa shape index (κ2) is 10.1. The highest BCUT2D eigenvalue weighted by atomic mass is 19.1. The highest BCUT2D eigenvalue weighted by molar-refractivity contribution is 6.10. The third-order valence-corrected chi connectivity index (χ3v) is 8.28. The van der Waals surface area contributed by atoms with E-state index in [0.29, 0.717) is 47.2 Å². The lowest BCUT2D eigenvalue weighted by atomic mass is 9.87. The first-order chi connectivity index (χ1) is 19.1. The van der Waals surface area contributed by atoms with Crippen molar-refractivity contribution >= 4 is 28.8 Å². The first-order valence-electron chi connectivity index (χ1n) is 13.7. The predicted molar refractivity (Wildman–Crippen MR) is 146 cm³/mol. The monoisotopic (exact) mass is 551 g/mol. The zero-order chi connectivity index (χ0) is 28.2. The molecule has 3 N–H and O–H groups in total. The molecule has 40 heavy (non-hydrogen) atoms. The van der Waals surface area contributed by atoms with E-state index in [1.807, 2.05) is 0 Å². The number of aromatic nitrogens is 3. The molecule has 1 aliphatic carbocycles. The number of anilines is 2. The van der Waals surface area contributed by atoms with Crippen LogP contribution in [0.5, 0.6) is 0 Å². The van der Waals surface area contributed by atoms with Crippen molar-refractivity contribution in [2.45, 2.75) is 57.2 Å². The summed E-state index contributed by atoms with van der Waals surface area (Å²) >= 11 is 0. The summed E-state index contributed by atoms with van der Waals surface area (Å²) in [5.41, 5.74) is 1.62. The molecule has 4 heterocycles. The number of amides is 2. The van der Waals surface area contributed by atoms with Crippen LogP contribution in [0.25, 0.3) is 5.65 Å². The second-order valence-electron chi connectivity index (χ2n) is 11.5. The first-order valence-corrected chi connectivity index (χ1v) is 13.7. The largest absolute Gasteiger partial charge is 0.393 e. The molecular weight excluding hydrogens is 517 g/mol. The van der Waals surface area contributed by atoms with Crippen LogP contribution in [-0.2, 0) is 6.54 Å². The number of nitrogens with zero attached hydrogens (tertiary/aromatic N) is 6. The molecule has 0 unspecified atom stereocenters. The van der Waals surface area contributed by atoms with Gasteiger partial charge in [-0.25, -0.2) is 13.9 Å². The number of hydrogen-bond acceptors (Lipinski definition) is 8. The van der Waals surface area contributed by atoms with Crippen molar-refractivity contribution in [1.29, 1.82) is 0 Å². The molecule has 1 atom stereocenters. The minimum absolute atomic E-state index is 0.184. The van der Waals surface area contributed by atoms with Crippen LogP contribution in [0, 0.1) is 0 Å². The minimum atomic E-state index is -1.61. The summed E-state index contributed by atoms with van der Waals surface area (Å²) in [5.74, 6) is -0.668. The summed E-state index contributed by atoms with van der Waals surface area (Å²) in [6.07, 6.45) is 4.54. The van der Waals surface area contributed by atoms with Crippen LogP contribution >= 0.6 is 0 Å².